The first-order valence-corrected chi connectivity index (χ1v) is 5.29. The summed E-state index contributed by atoms with van der Waals surface area (Å²) in [6, 6.07) is 5.56. The summed E-state index contributed by atoms with van der Waals surface area (Å²) >= 11 is 0. The molecule has 1 rings (SSSR count). The molecule has 0 N–H and O–H groups in total. The minimum Gasteiger partial charge on any atom is -0.456 e. The molecule has 0 unspecified atom stereocenters. The van der Waals surface area contributed by atoms with Crippen molar-refractivity contribution in [3.63, 3.8) is 0 Å². The van der Waals surface area contributed by atoms with Crippen molar-refractivity contribution in [1.29, 1.82) is 0 Å². The van der Waals surface area contributed by atoms with E-state index < -0.39 is 16.5 Å². The predicted octanol–water partition coefficient (Wildman–Crippen LogP) is 2.64. The second-order valence-corrected chi connectivity index (χ2v) is 4.57. The Balaban J connectivity index is 2.67. The number of non-ortho nitro benzene ring substituents is 1. The molecule has 0 atom stereocenters. The van der Waals surface area contributed by atoms with Crippen LogP contribution >= 0.6 is 0 Å². The van der Waals surface area contributed by atoms with Gasteiger partial charge in [0.25, 0.3) is 5.69 Å². The van der Waals surface area contributed by atoms with Crippen LogP contribution in [-0.4, -0.2) is 22.7 Å². The molecule has 0 radical (unpaired) electrons. The van der Waals surface area contributed by atoms with Gasteiger partial charge in [0.2, 0.25) is 0 Å². The van der Waals surface area contributed by atoms with Crippen molar-refractivity contribution in [3.05, 3.63) is 34.4 Å². The largest absolute Gasteiger partial charge is 0.456 e. The number of rotatable bonds is 3. The van der Waals surface area contributed by atoms with Gasteiger partial charge in [-0.15, -0.1) is 0 Å². The van der Waals surface area contributed by atoms with E-state index >= 15 is 0 Å². The number of esters is 1. The van der Waals surface area contributed by atoms with Crippen LogP contribution in [0.5, 0.6) is 0 Å². The van der Waals surface area contributed by atoms with Gasteiger partial charge in [-0.25, -0.2) is 9.79 Å². The number of nitro groups is 1. The Morgan fingerprint density at radius 1 is 1.33 bits per heavy atom. The van der Waals surface area contributed by atoms with E-state index in [0.29, 0.717) is 5.69 Å². The van der Waals surface area contributed by atoms with E-state index in [2.05, 4.69) is 4.99 Å². The van der Waals surface area contributed by atoms with Crippen LogP contribution in [0.4, 0.5) is 11.4 Å². The second kappa shape index (κ2) is 5.39. The van der Waals surface area contributed by atoms with Crippen molar-refractivity contribution in [2.75, 3.05) is 0 Å². The molecule has 0 aliphatic heterocycles. The lowest BCUT2D eigenvalue weighted by Crippen LogP contribution is -2.24. The molecular formula is C12H14N2O4. The number of ether oxygens (including phenoxy) is 1. The van der Waals surface area contributed by atoms with E-state index in [1.165, 1.54) is 24.3 Å². The molecule has 6 nitrogen and oxygen atoms in total. The molecule has 0 amide bonds. The number of nitro benzene ring substituents is 1. The summed E-state index contributed by atoms with van der Waals surface area (Å²) < 4.78 is 5.02. The average molecular weight is 250 g/mol. The fourth-order valence-electron chi connectivity index (χ4n) is 1.12. The van der Waals surface area contributed by atoms with Crippen LogP contribution < -0.4 is 0 Å². The molecule has 0 saturated carbocycles. The molecular weight excluding hydrogens is 236 g/mol. The number of hydrogen-bond acceptors (Lipinski definition) is 5. The Kier molecular flexibility index (Phi) is 4.14. The fraction of sp³-hybridized carbons (Fsp3) is 0.333. The molecule has 0 fully saturated rings. The fourth-order valence-corrected chi connectivity index (χ4v) is 1.12. The van der Waals surface area contributed by atoms with Gasteiger partial charge in [-0.1, -0.05) is 0 Å². The minimum atomic E-state index is -0.571. The maximum absolute atomic E-state index is 11.3. The van der Waals surface area contributed by atoms with E-state index in [1.807, 2.05) is 0 Å². The molecule has 0 aromatic heterocycles. The number of hydrogen-bond donors (Lipinski definition) is 0. The summed E-state index contributed by atoms with van der Waals surface area (Å²) in [5, 5.41) is 10.4. The first-order chi connectivity index (χ1) is 8.28. The van der Waals surface area contributed by atoms with E-state index in [4.69, 9.17) is 4.74 Å². The highest BCUT2D eigenvalue weighted by molar-refractivity contribution is 6.23. The van der Waals surface area contributed by atoms with Crippen LogP contribution in [-0.2, 0) is 9.53 Å². The molecule has 1 aromatic rings. The number of benzene rings is 1. The summed E-state index contributed by atoms with van der Waals surface area (Å²) in [5.74, 6) is -0.555. The molecule has 0 aliphatic carbocycles. The van der Waals surface area contributed by atoms with Crippen molar-refractivity contribution in [1.82, 2.24) is 0 Å². The van der Waals surface area contributed by atoms with Crippen LogP contribution in [0.2, 0.25) is 0 Å². The van der Waals surface area contributed by atoms with Gasteiger partial charge in [0.1, 0.15) is 11.8 Å². The molecule has 96 valence electrons. The summed E-state index contributed by atoms with van der Waals surface area (Å²) in [6.45, 7) is 5.26. The van der Waals surface area contributed by atoms with Crippen molar-refractivity contribution >= 4 is 23.6 Å². The minimum absolute atomic E-state index is 0.0220. The highest BCUT2D eigenvalue weighted by Crippen LogP contribution is 2.17. The molecule has 0 saturated heterocycles. The Morgan fingerprint density at radius 2 is 1.89 bits per heavy atom. The number of nitrogens with zero attached hydrogens (tertiary/aromatic N) is 2. The molecule has 6 heteroatoms. The summed E-state index contributed by atoms with van der Waals surface area (Å²) in [7, 11) is 0. The first-order valence-electron chi connectivity index (χ1n) is 5.29. The zero-order valence-corrected chi connectivity index (χ0v) is 10.4. The Hall–Kier alpha value is -2.24. The van der Waals surface area contributed by atoms with Crippen LogP contribution in [0.25, 0.3) is 0 Å². The van der Waals surface area contributed by atoms with Gasteiger partial charge in [0.05, 0.1) is 10.6 Å². The van der Waals surface area contributed by atoms with Crippen molar-refractivity contribution in [2.45, 2.75) is 26.4 Å². The summed E-state index contributed by atoms with van der Waals surface area (Å²) in [6.07, 6.45) is 1.05. The van der Waals surface area contributed by atoms with Gasteiger partial charge in [0, 0.05) is 12.1 Å². The Labute approximate surface area is 104 Å². The quantitative estimate of drug-likeness (QED) is 0.357. The lowest BCUT2D eigenvalue weighted by molar-refractivity contribution is -0.384. The topological polar surface area (TPSA) is 81.8 Å². The van der Waals surface area contributed by atoms with Crippen LogP contribution in [0.15, 0.2) is 29.3 Å². The van der Waals surface area contributed by atoms with Gasteiger partial charge in [-0.3, -0.25) is 10.1 Å². The molecule has 0 aliphatic rings. The predicted molar refractivity (Wildman–Crippen MR) is 67.1 cm³/mol. The lowest BCUT2D eigenvalue weighted by atomic mass is 10.2. The first kappa shape index (κ1) is 13.8. The number of carbonyl (C=O) groups is 1. The van der Waals surface area contributed by atoms with E-state index in [-0.39, 0.29) is 5.69 Å². The van der Waals surface area contributed by atoms with Crippen molar-refractivity contribution in [2.24, 2.45) is 4.99 Å². The molecule has 1 aromatic carbocycles. The SMILES string of the molecule is CC(C)(C)OC(=O)C=Nc1ccc([N+](=O)[O-])cc1. The summed E-state index contributed by atoms with van der Waals surface area (Å²) in [5.41, 5.74) is -0.142. The van der Waals surface area contributed by atoms with Crippen LogP contribution in [0, 0.1) is 10.1 Å². The third-order valence-electron chi connectivity index (χ3n) is 1.79. The molecule has 0 spiro atoms. The van der Waals surface area contributed by atoms with Crippen LogP contribution in [0.1, 0.15) is 20.8 Å². The van der Waals surface area contributed by atoms with Gasteiger partial charge >= 0.3 is 5.97 Å². The van der Waals surface area contributed by atoms with Crippen molar-refractivity contribution in [3.8, 4) is 0 Å². The number of carbonyl (C=O) groups excluding carboxylic acids is 1. The monoisotopic (exact) mass is 250 g/mol. The zero-order valence-electron chi connectivity index (χ0n) is 10.4. The van der Waals surface area contributed by atoms with Gasteiger partial charge in [-0.2, -0.15) is 0 Å². The van der Waals surface area contributed by atoms with Gasteiger partial charge in [-0.05, 0) is 32.9 Å². The highest BCUT2D eigenvalue weighted by Gasteiger charge is 2.14. The van der Waals surface area contributed by atoms with Gasteiger partial charge < -0.3 is 4.74 Å². The Morgan fingerprint density at radius 3 is 2.33 bits per heavy atom. The normalized spacial score (nSPS) is 11.5. The molecule has 18 heavy (non-hydrogen) atoms. The molecule has 0 heterocycles. The lowest BCUT2D eigenvalue weighted by Gasteiger charge is -2.17. The number of aliphatic imine (C=N–C) groups is 1. The van der Waals surface area contributed by atoms with E-state index in [1.54, 1.807) is 20.8 Å². The molecule has 0 bridgehead atoms. The van der Waals surface area contributed by atoms with Crippen LogP contribution in [0.3, 0.4) is 0 Å². The highest BCUT2D eigenvalue weighted by atomic mass is 16.6. The maximum Gasteiger partial charge on any atom is 0.349 e. The second-order valence-electron chi connectivity index (χ2n) is 4.57. The van der Waals surface area contributed by atoms with Crippen molar-refractivity contribution < 1.29 is 14.5 Å². The smallest absolute Gasteiger partial charge is 0.349 e. The average Bonchev–Trinajstić information content (AvgIpc) is 2.24. The standard InChI is InChI=1S/C12H14N2O4/c1-12(2,3)18-11(15)8-13-9-4-6-10(7-5-9)14(16)17/h4-8H,1-3H3. The van der Waals surface area contributed by atoms with Gasteiger partial charge in [0.15, 0.2) is 0 Å². The van der Waals surface area contributed by atoms with E-state index in [0.717, 1.165) is 6.21 Å². The maximum atomic E-state index is 11.3. The zero-order chi connectivity index (χ0) is 13.8. The van der Waals surface area contributed by atoms with E-state index in [9.17, 15) is 14.9 Å². The Bertz CT molecular complexity index is 472. The third-order valence-corrected chi connectivity index (χ3v) is 1.79. The third kappa shape index (κ3) is 4.73. The summed E-state index contributed by atoms with van der Waals surface area (Å²) in [4.78, 5) is 25.1.